The Balaban J connectivity index is 1.28. The van der Waals surface area contributed by atoms with Crippen LogP contribution in [0.2, 0.25) is 0 Å². The molecule has 1 N–H and O–H groups in total. The highest BCUT2D eigenvalue weighted by molar-refractivity contribution is 14.1. The monoisotopic (exact) mass is 528 g/mol. The predicted molar refractivity (Wildman–Crippen MR) is 120 cm³/mol. The number of piperazine rings is 1. The van der Waals surface area contributed by atoms with Gasteiger partial charge in [0.2, 0.25) is 0 Å². The lowest BCUT2D eigenvalue weighted by Crippen LogP contribution is -2.48. The second-order valence-electron chi connectivity index (χ2n) is 6.80. The van der Waals surface area contributed by atoms with Crippen molar-refractivity contribution in [2.45, 2.75) is 0 Å². The molecule has 4 rings (SSSR count). The largest absolute Gasteiger partial charge is 0.351 e. The molecule has 1 saturated heterocycles. The molecule has 0 spiro atoms. The van der Waals surface area contributed by atoms with Crippen LogP contribution in [0.3, 0.4) is 0 Å². The predicted octanol–water partition coefficient (Wildman–Crippen LogP) is 3.73. The minimum absolute atomic E-state index is 0.0580. The molecule has 1 aliphatic rings. The van der Waals surface area contributed by atoms with E-state index < -0.39 is 11.6 Å². The summed E-state index contributed by atoms with van der Waals surface area (Å²) in [6.07, 6.45) is 0. The van der Waals surface area contributed by atoms with Crippen LogP contribution in [-0.4, -0.2) is 55.1 Å². The van der Waals surface area contributed by atoms with Crippen molar-refractivity contribution >= 4 is 55.2 Å². The Kier molecular flexibility index (Phi) is 6.26. The molecule has 1 fully saturated rings. The molecule has 0 unspecified atom stereocenters. The molecule has 1 aromatic heterocycles. The zero-order valence-corrected chi connectivity index (χ0v) is 18.5. The first-order chi connectivity index (χ1) is 14.0. The summed E-state index contributed by atoms with van der Waals surface area (Å²) in [5.41, 5.74) is 0.921. The van der Waals surface area contributed by atoms with Crippen molar-refractivity contribution in [3.63, 3.8) is 0 Å². The lowest BCUT2D eigenvalue weighted by Gasteiger charge is -2.34. The normalized spacial score (nSPS) is 15.1. The molecule has 3 aromatic rings. The number of fused-ring (bicyclic) bond motifs is 1. The molecule has 0 aliphatic carbocycles. The summed E-state index contributed by atoms with van der Waals surface area (Å²) >= 11 is 3.47. The molecular formula is C20H19F2IN4OS. The first-order valence-corrected chi connectivity index (χ1v) is 11.2. The average molecular weight is 528 g/mol. The van der Waals surface area contributed by atoms with Gasteiger partial charge in [0.25, 0.3) is 5.91 Å². The number of thiazole rings is 1. The second-order valence-corrected chi connectivity index (χ2v) is 8.97. The summed E-state index contributed by atoms with van der Waals surface area (Å²) in [6, 6.07) is 9.70. The SMILES string of the molecule is O=C(NCCN1CCN(c2nc3c(F)cc(F)cc3s2)CC1)c1ccccc1I. The van der Waals surface area contributed by atoms with Crippen LogP contribution in [0.4, 0.5) is 13.9 Å². The molecule has 2 heterocycles. The summed E-state index contributed by atoms with van der Waals surface area (Å²) < 4.78 is 28.7. The Morgan fingerprint density at radius 3 is 2.69 bits per heavy atom. The number of carbonyl (C=O) groups is 1. The number of amides is 1. The third kappa shape index (κ3) is 4.67. The van der Waals surface area contributed by atoms with Crippen LogP contribution in [0, 0.1) is 15.2 Å². The van der Waals surface area contributed by atoms with E-state index in [0.717, 1.165) is 47.5 Å². The van der Waals surface area contributed by atoms with E-state index in [0.29, 0.717) is 16.8 Å². The van der Waals surface area contributed by atoms with Crippen LogP contribution in [0.1, 0.15) is 10.4 Å². The number of rotatable bonds is 5. The number of nitrogens with zero attached hydrogens (tertiary/aromatic N) is 3. The molecule has 0 bridgehead atoms. The molecule has 0 atom stereocenters. The smallest absolute Gasteiger partial charge is 0.252 e. The number of hydrogen-bond acceptors (Lipinski definition) is 5. The highest BCUT2D eigenvalue weighted by atomic mass is 127. The minimum Gasteiger partial charge on any atom is -0.351 e. The van der Waals surface area contributed by atoms with Gasteiger partial charge in [0.15, 0.2) is 10.9 Å². The fourth-order valence-corrected chi connectivity index (χ4v) is 5.00. The van der Waals surface area contributed by atoms with Crippen LogP contribution >= 0.6 is 33.9 Å². The Bertz CT molecular complexity index is 1040. The summed E-state index contributed by atoms with van der Waals surface area (Å²) in [6.45, 7) is 4.51. The first-order valence-electron chi connectivity index (χ1n) is 9.27. The van der Waals surface area contributed by atoms with Crippen LogP contribution in [-0.2, 0) is 0 Å². The van der Waals surface area contributed by atoms with Gasteiger partial charge in [-0.3, -0.25) is 9.69 Å². The molecule has 1 amide bonds. The van der Waals surface area contributed by atoms with Gasteiger partial charge in [-0.2, -0.15) is 0 Å². The number of nitrogens with one attached hydrogen (secondary N) is 1. The van der Waals surface area contributed by atoms with E-state index in [4.69, 9.17) is 0 Å². The van der Waals surface area contributed by atoms with E-state index in [1.807, 2.05) is 24.3 Å². The molecular weight excluding hydrogens is 509 g/mol. The minimum atomic E-state index is -0.620. The molecule has 1 aliphatic heterocycles. The lowest BCUT2D eigenvalue weighted by molar-refractivity contribution is 0.0947. The van der Waals surface area contributed by atoms with E-state index >= 15 is 0 Å². The summed E-state index contributed by atoms with van der Waals surface area (Å²) in [5, 5.41) is 3.69. The van der Waals surface area contributed by atoms with Gasteiger partial charge < -0.3 is 10.2 Å². The van der Waals surface area contributed by atoms with E-state index in [9.17, 15) is 13.6 Å². The molecule has 9 heteroatoms. The number of aromatic nitrogens is 1. The van der Waals surface area contributed by atoms with Gasteiger partial charge in [-0.15, -0.1) is 0 Å². The van der Waals surface area contributed by atoms with Crippen LogP contribution in [0.15, 0.2) is 36.4 Å². The topological polar surface area (TPSA) is 48.5 Å². The van der Waals surface area contributed by atoms with Crippen molar-refractivity contribution in [2.75, 3.05) is 44.2 Å². The summed E-state index contributed by atoms with van der Waals surface area (Å²) in [7, 11) is 0. The average Bonchev–Trinajstić information content (AvgIpc) is 3.13. The van der Waals surface area contributed by atoms with Crippen molar-refractivity contribution in [3.8, 4) is 0 Å². The van der Waals surface area contributed by atoms with Crippen molar-refractivity contribution in [1.29, 1.82) is 0 Å². The van der Waals surface area contributed by atoms with E-state index in [1.165, 1.54) is 17.4 Å². The summed E-state index contributed by atoms with van der Waals surface area (Å²) in [4.78, 5) is 21.0. The maximum atomic E-state index is 13.9. The van der Waals surface area contributed by atoms with Crippen LogP contribution in [0.5, 0.6) is 0 Å². The Morgan fingerprint density at radius 2 is 1.93 bits per heavy atom. The number of hydrogen-bond donors (Lipinski definition) is 1. The van der Waals surface area contributed by atoms with Crippen molar-refractivity contribution < 1.29 is 13.6 Å². The standard InChI is InChI=1S/C20H19F2IN4OS/c21-13-11-15(22)18-17(12-13)29-20(25-18)27-9-7-26(8-10-27)6-5-24-19(28)14-3-1-2-4-16(14)23/h1-4,11-12H,5-10H2,(H,24,28). The summed E-state index contributed by atoms with van der Waals surface area (Å²) in [5.74, 6) is -1.26. The molecule has 29 heavy (non-hydrogen) atoms. The van der Waals surface area contributed by atoms with Gasteiger partial charge in [0.05, 0.1) is 10.3 Å². The maximum absolute atomic E-state index is 13.9. The van der Waals surface area contributed by atoms with E-state index in [1.54, 1.807) is 0 Å². The van der Waals surface area contributed by atoms with Crippen molar-refractivity contribution in [2.24, 2.45) is 0 Å². The number of benzene rings is 2. The highest BCUT2D eigenvalue weighted by Crippen LogP contribution is 2.31. The fraction of sp³-hybridized carbons (Fsp3) is 0.300. The van der Waals surface area contributed by atoms with E-state index in [-0.39, 0.29) is 11.4 Å². The zero-order chi connectivity index (χ0) is 20.4. The van der Waals surface area contributed by atoms with Gasteiger partial charge in [-0.05, 0) is 40.8 Å². The van der Waals surface area contributed by atoms with Gasteiger partial charge in [0.1, 0.15) is 11.3 Å². The van der Waals surface area contributed by atoms with Gasteiger partial charge >= 0.3 is 0 Å². The molecule has 5 nitrogen and oxygen atoms in total. The van der Waals surface area contributed by atoms with Gasteiger partial charge in [-0.1, -0.05) is 23.5 Å². The van der Waals surface area contributed by atoms with Crippen molar-refractivity contribution in [1.82, 2.24) is 15.2 Å². The molecule has 2 aromatic carbocycles. The van der Waals surface area contributed by atoms with Crippen LogP contribution in [0.25, 0.3) is 10.2 Å². The third-order valence-corrected chi connectivity index (χ3v) is 6.88. The lowest BCUT2D eigenvalue weighted by atomic mass is 10.2. The van der Waals surface area contributed by atoms with Crippen LogP contribution < -0.4 is 10.2 Å². The Labute approximate surface area is 184 Å². The van der Waals surface area contributed by atoms with Gasteiger partial charge in [0, 0.05) is 48.9 Å². The highest BCUT2D eigenvalue weighted by Gasteiger charge is 2.21. The van der Waals surface area contributed by atoms with E-state index in [2.05, 4.69) is 42.7 Å². The van der Waals surface area contributed by atoms with Crippen molar-refractivity contribution in [3.05, 3.63) is 57.2 Å². The Morgan fingerprint density at radius 1 is 1.17 bits per heavy atom. The number of halogens is 3. The molecule has 0 saturated carbocycles. The Hall–Kier alpha value is -1.85. The quantitative estimate of drug-likeness (QED) is 0.513. The molecule has 152 valence electrons. The first kappa shape index (κ1) is 20.4. The number of anilines is 1. The second kappa shape index (κ2) is 8.88. The van der Waals surface area contributed by atoms with Gasteiger partial charge in [-0.25, -0.2) is 13.8 Å². The fourth-order valence-electron chi connectivity index (χ4n) is 3.31. The third-order valence-electron chi connectivity index (χ3n) is 4.88. The maximum Gasteiger partial charge on any atom is 0.252 e. The number of carbonyl (C=O) groups excluding carboxylic acids is 1. The zero-order valence-electron chi connectivity index (χ0n) is 15.5. The molecule has 0 radical (unpaired) electrons.